The lowest BCUT2D eigenvalue weighted by Gasteiger charge is -1.96. The van der Waals surface area contributed by atoms with E-state index >= 15 is 0 Å². The van der Waals surface area contributed by atoms with Crippen molar-refractivity contribution in [2.24, 2.45) is 0 Å². The van der Waals surface area contributed by atoms with Gasteiger partial charge in [-0.15, -0.1) is 0 Å². The summed E-state index contributed by atoms with van der Waals surface area (Å²) in [6.45, 7) is 0. The Morgan fingerprint density at radius 1 is 0.917 bits per heavy atom. The van der Waals surface area contributed by atoms with Gasteiger partial charge in [0.25, 0.3) is 0 Å². The molecule has 2 nitrogen and oxygen atoms in total. The highest BCUT2D eigenvalue weighted by atomic mass is 16.3. The summed E-state index contributed by atoms with van der Waals surface area (Å²) >= 11 is 0. The molecular formula is C10H9NO. The van der Waals surface area contributed by atoms with Crippen LogP contribution < -0.4 is 0 Å². The Morgan fingerprint density at radius 3 is 2.25 bits per heavy atom. The second-order valence-electron chi connectivity index (χ2n) is 2.65. The third-order valence-electron chi connectivity index (χ3n) is 1.80. The lowest BCUT2D eigenvalue weighted by atomic mass is 10.1. The van der Waals surface area contributed by atoms with Gasteiger partial charge in [0, 0.05) is 12.4 Å². The van der Waals surface area contributed by atoms with Crippen LogP contribution in [0.2, 0.25) is 0 Å². The van der Waals surface area contributed by atoms with E-state index in [0.29, 0.717) is 5.75 Å². The van der Waals surface area contributed by atoms with Gasteiger partial charge in [0.1, 0.15) is 5.75 Å². The van der Waals surface area contributed by atoms with Crippen molar-refractivity contribution in [3.63, 3.8) is 0 Å². The van der Waals surface area contributed by atoms with Crippen LogP contribution in [0.3, 0.4) is 0 Å². The molecule has 0 aliphatic carbocycles. The first kappa shape index (κ1) is 6.98. The summed E-state index contributed by atoms with van der Waals surface area (Å²) in [5, 5.41) is 9.05. The average molecular weight is 159 g/mol. The number of aromatic nitrogens is 1. The van der Waals surface area contributed by atoms with Crippen LogP contribution in [0.25, 0.3) is 11.1 Å². The van der Waals surface area contributed by atoms with Crippen LogP contribution in [-0.2, 0) is 0 Å². The fourth-order valence-corrected chi connectivity index (χ4v) is 1.16. The van der Waals surface area contributed by atoms with Gasteiger partial charge >= 0.3 is 0 Å². The van der Waals surface area contributed by atoms with E-state index in [1.807, 2.05) is 30.6 Å². The number of H-pyrrole nitrogens is 1. The van der Waals surface area contributed by atoms with Crippen molar-refractivity contribution in [1.82, 2.24) is 4.98 Å². The molecule has 0 unspecified atom stereocenters. The summed E-state index contributed by atoms with van der Waals surface area (Å²) in [6, 6.07) is 9.13. The fraction of sp³-hybridized carbons (Fsp3) is 0. The van der Waals surface area contributed by atoms with E-state index in [4.69, 9.17) is 5.11 Å². The molecule has 0 saturated carbocycles. The molecule has 0 fully saturated rings. The van der Waals surface area contributed by atoms with Gasteiger partial charge in [-0.05, 0) is 29.3 Å². The molecule has 0 aliphatic rings. The molecule has 1 heterocycles. The number of hydrogen-bond acceptors (Lipinski definition) is 1. The lowest BCUT2D eigenvalue weighted by molar-refractivity contribution is 0.475. The summed E-state index contributed by atoms with van der Waals surface area (Å²) in [7, 11) is 0. The van der Waals surface area contributed by atoms with E-state index in [1.165, 1.54) is 0 Å². The Labute approximate surface area is 70.5 Å². The molecule has 0 bridgehead atoms. The largest absolute Gasteiger partial charge is 0.508 e. The minimum Gasteiger partial charge on any atom is -0.508 e. The van der Waals surface area contributed by atoms with Crippen LogP contribution in [0.5, 0.6) is 5.75 Å². The van der Waals surface area contributed by atoms with E-state index in [1.54, 1.807) is 12.1 Å². The monoisotopic (exact) mass is 159 g/mol. The van der Waals surface area contributed by atoms with Gasteiger partial charge in [0.15, 0.2) is 0 Å². The van der Waals surface area contributed by atoms with Crippen molar-refractivity contribution in [3.8, 4) is 16.9 Å². The van der Waals surface area contributed by atoms with Gasteiger partial charge in [-0.2, -0.15) is 0 Å². The van der Waals surface area contributed by atoms with Crippen LogP contribution in [0.15, 0.2) is 42.7 Å². The van der Waals surface area contributed by atoms with Crippen molar-refractivity contribution < 1.29 is 5.11 Å². The van der Waals surface area contributed by atoms with Gasteiger partial charge in [0.05, 0.1) is 0 Å². The first-order valence-electron chi connectivity index (χ1n) is 3.78. The van der Waals surface area contributed by atoms with E-state index in [0.717, 1.165) is 11.1 Å². The number of nitrogens with one attached hydrogen (secondary N) is 1. The standard InChI is InChI=1S/C10H9NO/c12-10-3-1-8(2-4-10)9-5-6-11-7-9/h1-7,11-12H. The second kappa shape index (κ2) is 2.74. The topological polar surface area (TPSA) is 36.0 Å². The Bertz CT molecular complexity index is 348. The predicted octanol–water partition coefficient (Wildman–Crippen LogP) is 2.39. The smallest absolute Gasteiger partial charge is 0.115 e. The Kier molecular flexibility index (Phi) is 1.59. The molecule has 0 amide bonds. The van der Waals surface area contributed by atoms with Gasteiger partial charge in [-0.25, -0.2) is 0 Å². The fourth-order valence-electron chi connectivity index (χ4n) is 1.16. The molecule has 0 aliphatic heterocycles. The van der Waals surface area contributed by atoms with Gasteiger partial charge in [-0.1, -0.05) is 12.1 Å². The molecule has 12 heavy (non-hydrogen) atoms. The molecule has 2 aromatic rings. The van der Waals surface area contributed by atoms with Gasteiger partial charge in [-0.3, -0.25) is 0 Å². The molecule has 1 aromatic heterocycles. The van der Waals surface area contributed by atoms with Crippen molar-refractivity contribution in [3.05, 3.63) is 42.7 Å². The summed E-state index contributed by atoms with van der Waals surface area (Å²) in [6.07, 6.45) is 3.80. The molecule has 0 spiro atoms. The molecule has 2 heteroatoms. The molecule has 0 atom stereocenters. The highest BCUT2D eigenvalue weighted by Crippen LogP contribution is 2.20. The Hall–Kier alpha value is -1.70. The highest BCUT2D eigenvalue weighted by Gasteiger charge is 1.95. The number of phenols is 1. The number of aromatic hydroxyl groups is 1. The summed E-state index contributed by atoms with van der Waals surface area (Å²) in [4.78, 5) is 2.98. The van der Waals surface area contributed by atoms with E-state index in [-0.39, 0.29) is 0 Å². The zero-order valence-electron chi connectivity index (χ0n) is 6.49. The van der Waals surface area contributed by atoms with Crippen molar-refractivity contribution in [1.29, 1.82) is 0 Å². The number of rotatable bonds is 1. The molecule has 1 aromatic carbocycles. The first-order valence-corrected chi connectivity index (χ1v) is 3.78. The minimum absolute atomic E-state index is 0.300. The average Bonchev–Trinajstić information content (AvgIpc) is 2.58. The maximum absolute atomic E-state index is 9.05. The number of hydrogen-bond donors (Lipinski definition) is 2. The van der Waals surface area contributed by atoms with E-state index in [2.05, 4.69) is 4.98 Å². The zero-order valence-corrected chi connectivity index (χ0v) is 6.49. The molecule has 60 valence electrons. The lowest BCUT2D eigenvalue weighted by Crippen LogP contribution is -1.71. The van der Waals surface area contributed by atoms with Gasteiger partial charge < -0.3 is 10.1 Å². The van der Waals surface area contributed by atoms with Gasteiger partial charge in [0.2, 0.25) is 0 Å². The van der Waals surface area contributed by atoms with Crippen molar-refractivity contribution in [2.45, 2.75) is 0 Å². The molecule has 2 N–H and O–H groups in total. The number of aromatic amines is 1. The normalized spacial score (nSPS) is 10.0. The highest BCUT2D eigenvalue weighted by molar-refractivity contribution is 5.63. The maximum Gasteiger partial charge on any atom is 0.115 e. The third-order valence-corrected chi connectivity index (χ3v) is 1.80. The third kappa shape index (κ3) is 1.19. The first-order chi connectivity index (χ1) is 5.86. The Morgan fingerprint density at radius 2 is 1.67 bits per heavy atom. The minimum atomic E-state index is 0.300. The molecule has 0 radical (unpaired) electrons. The summed E-state index contributed by atoms with van der Waals surface area (Å²) < 4.78 is 0. The summed E-state index contributed by atoms with van der Waals surface area (Å²) in [5.74, 6) is 0.300. The van der Waals surface area contributed by atoms with Crippen LogP contribution in [0.1, 0.15) is 0 Å². The SMILES string of the molecule is Oc1ccc(-c2cc[nH]c2)cc1. The maximum atomic E-state index is 9.05. The van der Waals surface area contributed by atoms with E-state index in [9.17, 15) is 0 Å². The zero-order chi connectivity index (χ0) is 8.39. The quantitative estimate of drug-likeness (QED) is 0.658. The van der Waals surface area contributed by atoms with Crippen molar-refractivity contribution >= 4 is 0 Å². The summed E-state index contributed by atoms with van der Waals surface area (Å²) in [5.41, 5.74) is 2.24. The number of phenolic OH excluding ortho intramolecular Hbond substituents is 1. The number of benzene rings is 1. The second-order valence-corrected chi connectivity index (χ2v) is 2.65. The Balaban J connectivity index is 2.43. The predicted molar refractivity (Wildman–Crippen MR) is 47.9 cm³/mol. The van der Waals surface area contributed by atoms with E-state index < -0.39 is 0 Å². The van der Waals surface area contributed by atoms with Crippen LogP contribution in [0.4, 0.5) is 0 Å². The molecular weight excluding hydrogens is 150 g/mol. The van der Waals surface area contributed by atoms with Crippen molar-refractivity contribution in [2.75, 3.05) is 0 Å². The molecule has 0 saturated heterocycles. The molecule has 2 rings (SSSR count). The van der Waals surface area contributed by atoms with Crippen LogP contribution in [-0.4, -0.2) is 10.1 Å². The van der Waals surface area contributed by atoms with Crippen LogP contribution in [0, 0.1) is 0 Å². The van der Waals surface area contributed by atoms with Crippen LogP contribution >= 0.6 is 0 Å².